The number of rotatable bonds is 1. The average Bonchev–Trinajstić information content (AvgIpc) is 2.77. The third kappa shape index (κ3) is 2.50. The van der Waals surface area contributed by atoms with Crippen LogP contribution in [-0.4, -0.2) is 28.9 Å². The standard InChI is InChI=1S/C16H21N3OS/c1-10-4-7-18-14-11(10)12(17)13(21-14)15(20)19-8-5-16(2,3)6-9-19/h4,7H,5-6,8-9,17H2,1-3H3. The van der Waals surface area contributed by atoms with Crippen LogP contribution in [0, 0.1) is 12.3 Å². The monoisotopic (exact) mass is 303 g/mol. The zero-order chi connectivity index (χ0) is 15.2. The van der Waals surface area contributed by atoms with E-state index in [0.29, 0.717) is 16.0 Å². The predicted molar refractivity (Wildman–Crippen MR) is 87.7 cm³/mol. The van der Waals surface area contributed by atoms with Crippen LogP contribution in [0.1, 0.15) is 41.9 Å². The van der Waals surface area contributed by atoms with E-state index in [2.05, 4.69) is 18.8 Å². The number of nitrogens with zero attached hydrogens (tertiary/aromatic N) is 2. The summed E-state index contributed by atoms with van der Waals surface area (Å²) in [7, 11) is 0. The number of piperidine rings is 1. The maximum Gasteiger partial charge on any atom is 0.266 e. The van der Waals surface area contributed by atoms with Gasteiger partial charge in [0.25, 0.3) is 5.91 Å². The number of carbonyl (C=O) groups is 1. The van der Waals surface area contributed by atoms with Gasteiger partial charge in [-0.05, 0) is 36.8 Å². The molecule has 1 amide bonds. The van der Waals surface area contributed by atoms with Crippen molar-refractivity contribution in [3.63, 3.8) is 0 Å². The largest absolute Gasteiger partial charge is 0.397 e. The van der Waals surface area contributed by atoms with Gasteiger partial charge in [0.2, 0.25) is 0 Å². The van der Waals surface area contributed by atoms with Gasteiger partial charge in [0.05, 0.1) is 5.69 Å². The summed E-state index contributed by atoms with van der Waals surface area (Å²) in [5.74, 6) is 0.0606. The Balaban J connectivity index is 1.92. The van der Waals surface area contributed by atoms with Crippen LogP contribution in [0.15, 0.2) is 12.3 Å². The molecule has 4 nitrogen and oxygen atoms in total. The van der Waals surface area contributed by atoms with Crippen molar-refractivity contribution < 1.29 is 4.79 Å². The Hall–Kier alpha value is -1.62. The number of nitrogens with two attached hydrogens (primary N) is 1. The number of hydrogen-bond donors (Lipinski definition) is 1. The number of pyridine rings is 1. The number of carbonyl (C=O) groups excluding carboxylic acids is 1. The summed E-state index contributed by atoms with van der Waals surface area (Å²) in [6.45, 7) is 8.15. The fraction of sp³-hybridized carbons (Fsp3) is 0.500. The van der Waals surface area contributed by atoms with E-state index in [1.807, 2.05) is 17.9 Å². The van der Waals surface area contributed by atoms with Crippen LogP contribution in [0.4, 0.5) is 5.69 Å². The quantitative estimate of drug-likeness (QED) is 0.878. The summed E-state index contributed by atoms with van der Waals surface area (Å²) in [5.41, 5.74) is 8.23. The van der Waals surface area contributed by atoms with Gasteiger partial charge in [-0.25, -0.2) is 4.98 Å². The van der Waals surface area contributed by atoms with Gasteiger partial charge in [-0.2, -0.15) is 0 Å². The van der Waals surface area contributed by atoms with Crippen LogP contribution in [0.3, 0.4) is 0 Å². The molecule has 1 fully saturated rings. The van der Waals surface area contributed by atoms with Gasteiger partial charge in [0.15, 0.2) is 0 Å². The first-order valence-electron chi connectivity index (χ1n) is 7.32. The third-order valence-electron chi connectivity index (χ3n) is 4.44. The minimum absolute atomic E-state index is 0.0606. The predicted octanol–water partition coefficient (Wildman–Crippen LogP) is 3.45. The molecule has 2 aromatic rings. The van der Waals surface area contributed by atoms with Crippen molar-refractivity contribution in [3.8, 4) is 0 Å². The number of fused-ring (bicyclic) bond motifs is 1. The fourth-order valence-corrected chi connectivity index (χ4v) is 3.93. The van der Waals surface area contributed by atoms with Gasteiger partial charge in [-0.3, -0.25) is 4.79 Å². The molecule has 0 atom stereocenters. The maximum absolute atomic E-state index is 12.7. The summed E-state index contributed by atoms with van der Waals surface area (Å²) >= 11 is 1.41. The smallest absolute Gasteiger partial charge is 0.266 e. The maximum atomic E-state index is 12.7. The second-order valence-electron chi connectivity index (χ2n) is 6.61. The molecule has 21 heavy (non-hydrogen) atoms. The first kappa shape index (κ1) is 14.3. The third-order valence-corrected chi connectivity index (χ3v) is 5.54. The summed E-state index contributed by atoms with van der Waals surface area (Å²) in [5, 5.41) is 0.934. The number of anilines is 1. The lowest BCUT2D eigenvalue weighted by Gasteiger charge is -2.36. The lowest BCUT2D eigenvalue weighted by atomic mass is 9.82. The van der Waals surface area contributed by atoms with E-state index in [4.69, 9.17) is 5.73 Å². The van der Waals surface area contributed by atoms with E-state index in [9.17, 15) is 4.79 Å². The van der Waals surface area contributed by atoms with Crippen molar-refractivity contribution in [2.24, 2.45) is 5.41 Å². The average molecular weight is 303 g/mol. The Kier molecular flexibility index (Phi) is 3.40. The topological polar surface area (TPSA) is 59.2 Å². The zero-order valence-corrected chi connectivity index (χ0v) is 13.6. The molecule has 5 heteroatoms. The van der Waals surface area contributed by atoms with E-state index in [-0.39, 0.29) is 5.91 Å². The van der Waals surface area contributed by atoms with Crippen LogP contribution in [0.25, 0.3) is 10.2 Å². The van der Waals surface area contributed by atoms with Crippen molar-refractivity contribution in [2.45, 2.75) is 33.6 Å². The number of aryl methyl sites for hydroxylation is 1. The van der Waals surface area contributed by atoms with Gasteiger partial charge in [-0.1, -0.05) is 13.8 Å². The van der Waals surface area contributed by atoms with Crippen molar-refractivity contribution in [3.05, 3.63) is 22.7 Å². The number of amides is 1. The minimum Gasteiger partial charge on any atom is -0.397 e. The molecule has 0 bridgehead atoms. The van der Waals surface area contributed by atoms with Crippen LogP contribution in [0.2, 0.25) is 0 Å². The molecule has 3 rings (SSSR count). The number of nitrogen functional groups attached to an aromatic ring is 1. The molecule has 0 spiro atoms. The summed E-state index contributed by atoms with van der Waals surface area (Å²) in [4.78, 5) is 20.5. The molecule has 1 saturated heterocycles. The Bertz CT molecular complexity index is 695. The molecular formula is C16H21N3OS. The zero-order valence-electron chi connectivity index (χ0n) is 12.8. The molecule has 112 valence electrons. The highest BCUT2D eigenvalue weighted by Gasteiger charge is 2.30. The number of likely N-dealkylation sites (tertiary alicyclic amines) is 1. The Labute approximate surface area is 129 Å². The van der Waals surface area contributed by atoms with Crippen molar-refractivity contribution in [1.29, 1.82) is 0 Å². The highest BCUT2D eigenvalue weighted by molar-refractivity contribution is 7.21. The van der Waals surface area contributed by atoms with Gasteiger partial charge < -0.3 is 10.6 Å². The van der Waals surface area contributed by atoms with Gasteiger partial charge >= 0.3 is 0 Å². The van der Waals surface area contributed by atoms with Crippen molar-refractivity contribution in [1.82, 2.24) is 9.88 Å². The number of aromatic nitrogens is 1. The van der Waals surface area contributed by atoms with Gasteiger partial charge in [-0.15, -0.1) is 11.3 Å². The molecule has 0 unspecified atom stereocenters. The van der Waals surface area contributed by atoms with Crippen molar-refractivity contribution in [2.75, 3.05) is 18.8 Å². The van der Waals surface area contributed by atoms with Crippen molar-refractivity contribution >= 4 is 33.1 Å². The van der Waals surface area contributed by atoms with E-state index in [0.717, 1.165) is 41.7 Å². The highest BCUT2D eigenvalue weighted by atomic mass is 32.1. The van der Waals surface area contributed by atoms with Gasteiger partial charge in [0.1, 0.15) is 9.71 Å². The first-order valence-corrected chi connectivity index (χ1v) is 8.13. The number of hydrogen-bond acceptors (Lipinski definition) is 4. The second kappa shape index (κ2) is 4.98. The Morgan fingerprint density at radius 2 is 2.05 bits per heavy atom. The molecule has 1 aliphatic rings. The SMILES string of the molecule is Cc1ccnc2sc(C(=O)N3CCC(C)(C)CC3)c(N)c12. The summed E-state index contributed by atoms with van der Waals surface area (Å²) < 4.78 is 0. The molecule has 0 radical (unpaired) electrons. The van der Waals surface area contributed by atoms with Crippen LogP contribution < -0.4 is 5.73 Å². The lowest BCUT2D eigenvalue weighted by Crippen LogP contribution is -2.41. The first-order chi connectivity index (χ1) is 9.89. The van der Waals surface area contributed by atoms with E-state index in [1.54, 1.807) is 6.20 Å². The molecule has 2 aromatic heterocycles. The lowest BCUT2D eigenvalue weighted by molar-refractivity contribution is 0.0636. The van der Waals surface area contributed by atoms with Crippen LogP contribution in [0.5, 0.6) is 0 Å². The summed E-state index contributed by atoms with van der Waals surface area (Å²) in [6.07, 6.45) is 3.85. The molecule has 3 heterocycles. The molecule has 1 aliphatic heterocycles. The van der Waals surface area contributed by atoms with Crippen LogP contribution in [-0.2, 0) is 0 Å². The molecule has 0 aromatic carbocycles. The Morgan fingerprint density at radius 3 is 2.67 bits per heavy atom. The molecule has 2 N–H and O–H groups in total. The normalized spacial score (nSPS) is 18.1. The molecule has 0 aliphatic carbocycles. The number of thiophene rings is 1. The van der Waals surface area contributed by atoms with E-state index in [1.165, 1.54) is 11.3 Å². The Morgan fingerprint density at radius 1 is 1.38 bits per heavy atom. The molecule has 0 saturated carbocycles. The molecular weight excluding hydrogens is 282 g/mol. The van der Waals surface area contributed by atoms with E-state index >= 15 is 0 Å². The highest BCUT2D eigenvalue weighted by Crippen LogP contribution is 2.36. The summed E-state index contributed by atoms with van der Waals surface area (Å²) in [6, 6.07) is 1.93. The fourth-order valence-electron chi connectivity index (χ4n) is 2.82. The second-order valence-corrected chi connectivity index (χ2v) is 7.61. The van der Waals surface area contributed by atoms with E-state index < -0.39 is 0 Å². The van der Waals surface area contributed by atoms with Crippen LogP contribution >= 0.6 is 11.3 Å². The van der Waals surface area contributed by atoms with Gasteiger partial charge in [0, 0.05) is 24.7 Å². The minimum atomic E-state index is 0.0606.